The highest BCUT2D eigenvalue weighted by atomic mass is 32.2. The van der Waals surface area contributed by atoms with Crippen molar-refractivity contribution in [2.24, 2.45) is 5.73 Å². The Morgan fingerprint density at radius 1 is 1.79 bits per heavy atom. The van der Waals surface area contributed by atoms with Crippen LogP contribution in [-0.2, 0) is 9.53 Å². The van der Waals surface area contributed by atoms with Crippen LogP contribution >= 0.6 is 11.8 Å². The van der Waals surface area contributed by atoms with Crippen LogP contribution in [0.4, 0.5) is 0 Å². The average molecular weight is 215 g/mol. The molecule has 0 rings (SSSR count). The third kappa shape index (κ3) is 5.56. The number of ether oxygens (including phenoxy) is 1. The van der Waals surface area contributed by atoms with Crippen molar-refractivity contribution in [3.8, 4) is 6.07 Å². The minimum absolute atomic E-state index is 0.0804. The molecule has 6 heteroatoms. The SMILES string of the molecule is CCOC(=O)CCSC(=N)C(N)C#N. The van der Waals surface area contributed by atoms with Crippen molar-refractivity contribution >= 4 is 22.8 Å². The van der Waals surface area contributed by atoms with E-state index in [1.54, 1.807) is 13.0 Å². The minimum Gasteiger partial charge on any atom is -0.466 e. The highest BCUT2D eigenvalue weighted by Crippen LogP contribution is 2.07. The van der Waals surface area contributed by atoms with Crippen molar-refractivity contribution in [3.63, 3.8) is 0 Å². The molecule has 0 amide bonds. The second-order valence-corrected chi connectivity index (χ2v) is 3.51. The molecular formula is C8H13N3O2S. The first-order chi connectivity index (χ1) is 6.61. The van der Waals surface area contributed by atoms with Crippen LogP contribution in [0.15, 0.2) is 0 Å². The lowest BCUT2D eigenvalue weighted by Crippen LogP contribution is -2.25. The van der Waals surface area contributed by atoms with E-state index in [4.69, 9.17) is 21.1 Å². The number of hydrogen-bond donors (Lipinski definition) is 2. The average Bonchev–Trinajstić information content (AvgIpc) is 2.16. The molecule has 0 aliphatic carbocycles. The van der Waals surface area contributed by atoms with E-state index in [1.165, 1.54) is 0 Å². The monoisotopic (exact) mass is 215 g/mol. The summed E-state index contributed by atoms with van der Waals surface area (Å²) < 4.78 is 4.69. The van der Waals surface area contributed by atoms with Crippen molar-refractivity contribution < 1.29 is 9.53 Å². The largest absolute Gasteiger partial charge is 0.466 e. The number of nitriles is 1. The van der Waals surface area contributed by atoms with E-state index >= 15 is 0 Å². The number of carbonyl (C=O) groups excluding carboxylic acids is 1. The normalized spacial score (nSPS) is 11.5. The number of esters is 1. The van der Waals surface area contributed by atoms with Gasteiger partial charge in [0, 0.05) is 5.75 Å². The molecule has 0 aromatic heterocycles. The predicted octanol–water partition coefficient (Wildman–Crippen LogP) is 0.501. The van der Waals surface area contributed by atoms with Gasteiger partial charge in [0.2, 0.25) is 0 Å². The smallest absolute Gasteiger partial charge is 0.306 e. The van der Waals surface area contributed by atoms with Crippen LogP contribution < -0.4 is 5.73 Å². The Hall–Kier alpha value is -1.06. The molecule has 0 bridgehead atoms. The molecule has 78 valence electrons. The molecule has 0 saturated carbocycles. The molecule has 5 nitrogen and oxygen atoms in total. The van der Waals surface area contributed by atoms with E-state index in [1.807, 2.05) is 0 Å². The Morgan fingerprint density at radius 3 is 2.93 bits per heavy atom. The van der Waals surface area contributed by atoms with Gasteiger partial charge in [-0.05, 0) is 6.92 Å². The summed E-state index contributed by atoms with van der Waals surface area (Å²) in [7, 11) is 0. The van der Waals surface area contributed by atoms with Gasteiger partial charge in [-0.2, -0.15) is 5.26 Å². The van der Waals surface area contributed by atoms with Gasteiger partial charge in [-0.15, -0.1) is 11.8 Å². The van der Waals surface area contributed by atoms with Gasteiger partial charge < -0.3 is 10.5 Å². The molecule has 0 aliphatic rings. The summed E-state index contributed by atoms with van der Waals surface area (Å²) in [6.07, 6.45) is 0.235. The summed E-state index contributed by atoms with van der Waals surface area (Å²) in [6.45, 7) is 2.09. The van der Waals surface area contributed by atoms with Crippen molar-refractivity contribution in [3.05, 3.63) is 0 Å². The van der Waals surface area contributed by atoms with Gasteiger partial charge >= 0.3 is 5.97 Å². The van der Waals surface area contributed by atoms with E-state index in [0.717, 1.165) is 11.8 Å². The summed E-state index contributed by atoms with van der Waals surface area (Å²) in [5.41, 5.74) is 5.27. The second kappa shape index (κ2) is 7.35. The van der Waals surface area contributed by atoms with Crippen LogP contribution in [0.2, 0.25) is 0 Å². The molecule has 0 aromatic rings. The summed E-state index contributed by atoms with van der Waals surface area (Å²) in [5, 5.41) is 15.8. The number of nitrogens with two attached hydrogens (primary N) is 1. The van der Waals surface area contributed by atoms with Crippen LogP contribution in [0.1, 0.15) is 13.3 Å². The molecule has 0 aliphatic heterocycles. The van der Waals surface area contributed by atoms with E-state index in [2.05, 4.69) is 0 Å². The zero-order chi connectivity index (χ0) is 11.0. The molecule has 1 unspecified atom stereocenters. The predicted molar refractivity (Wildman–Crippen MR) is 55.0 cm³/mol. The summed E-state index contributed by atoms with van der Waals surface area (Å²) >= 11 is 1.10. The Kier molecular flexibility index (Phi) is 6.80. The first-order valence-electron chi connectivity index (χ1n) is 4.13. The minimum atomic E-state index is -0.887. The van der Waals surface area contributed by atoms with Crippen LogP contribution in [0.25, 0.3) is 0 Å². The van der Waals surface area contributed by atoms with E-state index < -0.39 is 6.04 Å². The van der Waals surface area contributed by atoms with E-state index in [9.17, 15) is 4.79 Å². The van der Waals surface area contributed by atoms with Gasteiger partial charge in [0.15, 0.2) is 0 Å². The first-order valence-corrected chi connectivity index (χ1v) is 5.12. The van der Waals surface area contributed by atoms with Crippen molar-refractivity contribution in [1.82, 2.24) is 0 Å². The highest BCUT2D eigenvalue weighted by Gasteiger charge is 2.09. The lowest BCUT2D eigenvalue weighted by Gasteiger charge is -2.04. The number of rotatable bonds is 5. The Balaban J connectivity index is 3.60. The summed E-state index contributed by atoms with van der Waals surface area (Å²) in [5.74, 6) is 0.130. The number of hydrogen-bond acceptors (Lipinski definition) is 6. The quantitative estimate of drug-likeness (QED) is 0.395. The summed E-state index contributed by atoms with van der Waals surface area (Å²) in [6, 6.07) is 0.857. The van der Waals surface area contributed by atoms with Crippen LogP contribution in [0, 0.1) is 16.7 Å². The number of thioether (sulfide) groups is 1. The van der Waals surface area contributed by atoms with E-state index in [-0.39, 0.29) is 17.4 Å². The van der Waals surface area contributed by atoms with Crippen LogP contribution in [0.3, 0.4) is 0 Å². The molecule has 0 fully saturated rings. The van der Waals surface area contributed by atoms with Gasteiger partial charge in [-0.25, -0.2) is 0 Å². The maximum absolute atomic E-state index is 10.9. The molecule has 3 N–H and O–H groups in total. The van der Waals surface area contributed by atoms with Crippen LogP contribution in [-0.4, -0.2) is 29.4 Å². The zero-order valence-electron chi connectivity index (χ0n) is 7.95. The molecular weight excluding hydrogens is 202 g/mol. The number of carbonyl (C=O) groups is 1. The summed E-state index contributed by atoms with van der Waals surface area (Å²) in [4.78, 5) is 10.9. The van der Waals surface area contributed by atoms with Crippen LogP contribution in [0.5, 0.6) is 0 Å². The van der Waals surface area contributed by atoms with Gasteiger partial charge in [-0.3, -0.25) is 10.2 Å². The fourth-order valence-electron chi connectivity index (χ4n) is 0.626. The fourth-order valence-corrected chi connectivity index (χ4v) is 1.35. The highest BCUT2D eigenvalue weighted by molar-refractivity contribution is 8.14. The van der Waals surface area contributed by atoms with Gasteiger partial charge in [-0.1, -0.05) is 0 Å². The zero-order valence-corrected chi connectivity index (χ0v) is 8.76. The molecule has 1 atom stereocenters. The Bertz CT molecular complexity index is 249. The van der Waals surface area contributed by atoms with Crippen molar-refractivity contribution in [1.29, 1.82) is 10.7 Å². The maximum Gasteiger partial charge on any atom is 0.306 e. The van der Waals surface area contributed by atoms with Crippen molar-refractivity contribution in [2.75, 3.05) is 12.4 Å². The maximum atomic E-state index is 10.9. The second-order valence-electron chi connectivity index (χ2n) is 2.37. The molecule has 0 saturated heterocycles. The first kappa shape index (κ1) is 12.9. The topological polar surface area (TPSA) is 100.0 Å². The standard InChI is InChI=1S/C8H13N3O2S/c1-2-13-7(12)3-4-14-8(11)6(10)5-9/h6,11H,2-4,10H2,1H3. The Labute approximate surface area is 87.1 Å². The third-order valence-electron chi connectivity index (χ3n) is 1.29. The molecule has 14 heavy (non-hydrogen) atoms. The number of nitrogens with one attached hydrogen (secondary N) is 1. The van der Waals surface area contributed by atoms with Gasteiger partial charge in [0.1, 0.15) is 6.04 Å². The fraction of sp³-hybridized carbons (Fsp3) is 0.625. The molecule has 0 radical (unpaired) electrons. The molecule has 0 spiro atoms. The number of nitrogens with zero attached hydrogens (tertiary/aromatic N) is 1. The molecule has 0 heterocycles. The third-order valence-corrected chi connectivity index (χ3v) is 2.26. The lowest BCUT2D eigenvalue weighted by molar-refractivity contribution is -0.142. The lowest BCUT2D eigenvalue weighted by atomic mass is 10.4. The Morgan fingerprint density at radius 2 is 2.43 bits per heavy atom. The van der Waals surface area contributed by atoms with E-state index in [0.29, 0.717) is 12.4 Å². The van der Waals surface area contributed by atoms with Crippen molar-refractivity contribution in [2.45, 2.75) is 19.4 Å². The molecule has 0 aromatic carbocycles. The van der Waals surface area contributed by atoms with Gasteiger partial charge in [0.25, 0.3) is 0 Å². The van der Waals surface area contributed by atoms with Gasteiger partial charge in [0.05, 0.1) is 24.1 Å².